The minimum atomic E-state index is -4.60. The fraction of sp³-hybridized carbons (Fsp3) is 0. The SMILES string of the molecule is O=[N+]([O-])c1ccc(N=Nc2cc(N=Nc3cc(S(=O)(=O)O)ccc3[O-])c([O-])cc2[O-])cc1.[Cu+2].[Na+]. The van der Waals surface area contributed by atoms with Gasteiger partial charge in [0.1, 0.15) is 0 Å². The first-order valence-corrected chi connectivity index (χ1v) is 9.87. The van der Waals surface area contributed by atoms with Gasteiger partial charge in [0.15, 0.2) is 0 Å². The number of nitro groups is 1. The molecule has 0 atom stereocenters. The summed E-state index contributed by atoms with van der Waals surface area (Å²) in [6.45, 7) is 0. The van der Waals surface area contributed by atoms with Crippen molar-refractivity contribution in [3.63, 3.8) is 0 Å². The number of nitrogens with zero attached hydrogens (tertiary/aromatic N) is 5. The predicted molar refractivity (Wildman–Crippen MR) is 102 cm³/mol. The fourth-order valence-electron chi connectivity index (χ4n) is 2.29. The summed E-state index contributed by atoms with van der Waals surface area (Å²) in [7, 11) is -4.60. The van der Waals surface area contributed by atoms with Crippen molar-refractivity contribution in [2.24, 2.45) is 20.5 Å². The molecule has 0 saturated heterocycles. The summed E-state index contributed by atoms with van der Waals surface area (Å²) in [5.74, 6) is -2.35. The number of benzene rings is 3. The van der Waals surface area contributed by atoms with Gasteiger partial charge in [-0.15, -0.1) is 0 Å². The Morgan fingerprint density at radius 3 is 1.74 bits per heavy atom. The van der Waals surface area contributed by atoms with Crippen LogP contribution in [0.3, 0.4) is 0 Å². The molecule has 0 unspecified atom stereocenters. The van der Waals surface area contributed by atoms with Crippen LogP contribution in [0.1, 0.15) is 0 Å². The maximum atomic E-state index is 12.0. The Morgan fingerprint density at radius 1 is 0.735 bits per heavy atom. The molecule has 16 heteroatoms. The van der Waals surface area contributed by atoms with Gasteiger partial charge in [0.05, 0.1) is 32.6 Å². The van der Waals surface area contributed by atoms with Crippen LogP contribution in [0.2, 0.25) is 0 Å². The maximum Gasteiger partial charge on any atom is 2.00 e. The van der Waals surface area contributed by atoms with Crippen molar-refractivity contribution in [3.05, 3.63) is 64.7 Å². The van der Waals surface area contributed by atoms with Crippen LogP contribution >= 0.6 is 0 Å². The Labute approximate surface area is 224 Å². The normalized spacial score (nSPS) is 11.2. The van der Waals surface area contributed by atoms with Gasteiger partial charge in [-0.05, 0) is 30.3 Å². The fourth-order valence-corrected chi connectivity index (χ4v) is 2.79. The summed E-state index contributed by atoms with van der Waals surface area (Å²) in [5.41, 5.74) is -1.13. The Kier molecular flexibility index (Phi) is 10.3. The third-order valence-electron chi connectivity index (χ3n) is 3.87. The molecule has 1 radical (unpaired) electrons. The van der Waals surface area contributed by atoms with E-state index in [2.05, 4.69) is 20.5 Å². The summed E-state index contributed by atoms with van der Waals surface area (Å²) in [5, 5.41) is 61.0. The van der Waals surface area contributed by atoms with Gasteiger partial charge in [0.2, 0.25) is 0 Å². The van der Waals surface area contributed by atoms with Gasteiger partial charge >= 0.3 is 46.6 Å². The second kappa shape index (κ2) is 12.0. The number of rotatable bonds is 6. The largest absolute Gasteiger partial charge is 2.00 e. The molecule has 0 amide bonds. The number of nitro benzene ring substituents is 1. The molecule has 0 aliphatic carbocycles. The average Bonchev–Trinajstić information content (AvgIpc) is 2.73. The maximum absolute atomic E-state index is 12.0. The van der Waals surface area contributed by atoms with E-state index in [1.807, 2.05) is 0 Å². The quantitative estimate of drug-likeness (QED) is 0.145. The van der Waals surface area contributed by atoms with Gasteiger partial charge in [0, 0.05) is 12.1 Å². The van der Waals surface area contributed by atoms with Crippen molar-refractivity contribution in [1.82, 2.24) is 0 Å². The Balaban J connectivity index is 0.00000289. The molecule has 173 valence electrons. The Hall–Kier alpha value is -2.91. The van der Waals surface area contributed by atoms with E-state index in [9.17, 15) is 33.9 Å². The monoisotopic (exact) mass is 542 g/mol. The van der Waals surface area contributed by atoms with E-state index in [-0.39, 0.29) is 69.4 Å². The minimum absolute atomic E-state index is 0. The molecular formula is C18H10CuN5NaO8S. The number of azo groups is 2. The van der Waals surface area contributed by atoms with Gasteiger partial charge in [-0.3, -0.25) is 14.7 Å². The first-order chi connectivity index (χ1) is 15.0. The molecule has 13 nitrogen and oxygen atoms in total. The molecule has 0 spiro atoms. The average molecular weight is 543 g/mol. The van der Waals surface area contributed by atoms with E-state index >= 15 is 0 Å². The molecule has 3 rings (SSSR count). The second-order valence-electron chi connectivity index (χ2n) is 6.07. The Morgan fingerprint density at radius 2 is 1.24 bits per heavy atom. The molecule has 0 fully saturated rings. The van der Waals surface area contributed by atoms with E-state index in [1.165, 1.54) is 24.3 Å². The van der Waals surface area contributed by atoms with Crippen molar-refractivity contribution < 1.29 is 79.8 Å². The van der Waals surface area contributed by atoms with E-state index in [4.69, 9.17) is 4.55 Å². The van der Waals surface area contributed by atoms with Crippen LogP contribution < -0.4 is 44.9 Å². The van der Waals surface area contributed by atoms with E-state index in [0.717, 1.165) is 24.3 Å². The molecule has 0 aliphatic heterocycles. The summed E-state index contributed by atoms with van der Waals surface area (Å²) in [4.78, 5) is 9.46. The molecule has 0 aliphatic rings. The zero-order chi connectivity index (χ0) is 23.5. The summed E-state index contributed by atoms with van der Waals surface area (Å²) in [6, 6.07) is 9.09. The van der Waals surface area contributed by atoms with Gasteiger partial charge in [-0.1, -0.05) is 29.4 Å². The molecule has 0 aromatic heterocycles. The minimum Gasteiger partial charge on any atom is -0.871 e. The second-order valence-corrected chi connectivity index (χ2v) is 7.49. The van der Waals surface area contributed by atoms with Crippen molar-refractivity contribution >= 4 is 38.6 Å². The zero-order valence-corrected chi connectivity index (χ0v) is 20.7. The molecule has 1 N–H and O–H groups in total. The van der Waals surface area contributed by atoms with Crippen molar-refractivity contribution in [2.45, 2.75) is 4.90 Å². The van der Waals surface area contributed by atoms with Gasteiger partial charge in [-0.25, -0.2) is 0 Å². The molecule has 34 heavy (non-hydrogen) atoms. The summed E-state index contributed by atoms with van der Waals surface area (Å²) < 4.78 is 31.4. The van der Waals surface area contributed by atoms with Crippen LogP contribution in [0.5, 0.6) is 17.2 Å². The molecule has 3 aromatic carbocycles. The number of hydrogen-bond acceptors (Lipinski definition) is 11. The van der Waals surface area contributed by atoms with Crippen LogP contribution in [0, 0.1) is 10.1 Å². The van der Waals surface area contributed by atoms with Crippen LogP contribution in [0.15, 0.2) is 79.9 Å². The predicted octanol–water partition coefficient (Wildman–Crippen LogP) is -0.105. The third-order valence-corrected chi connectivity index (χ3v) is 4.72. The van der Waals surface area contributed by atoms with E-state index in [1.54, 1.807) is 0 Å². The van der Waals surface area contributed by atoms with E-state index in [0.29, 0.717) is 6.07 Å². The molecule has 0 heterocycles. The molecular weight excluding hydrogens is 533 g/mol. The van der Waals surface area contributed by atoms with Crippen LogP contribution in [0.25, 0.3) is 0 Å². The first-order valence-electron chi connectivity index (χ1n) is 8.43. The topological polar surface area (TPSA) is 216 Å². The Bertz CT molecular complexity index is 1370. The van der Waals surface area contributed by atoms with Gasteiger partial charge in [0.25, 0.3) is 15.8 Å². The van der Waals surface area contributed by atoms with Crippen molar-refractivity contribution in [1.29, 1.82) is 0 Å². The smallest absolute Gasteiger partial charge is 0.871 e. The van der Waals surface area contributed by atoms with Gasteiger partial charge < -0.3 is 15.3 Å². The summed E-state index contributed by atoms with van der Waals surface area (Å²) in [6.07, 6.45) is 0. The van der Waals surface area contributed by atoms with Gasteiger partial charge in [-0.2, -0.15) is 28.9 Å². The zero-order valence-electron chi connectivity index (χ0n) is 16.9. The standard InChI is InChI=1S/C18H13N5O8S.Cu.Na/c24-16-6-5-12(32(29,30)31)7-13(16)21-22-15-8-14(17(25)9-18(15)26)20-19-10-1-3-11(4-2-10)23(27)28;;/h1-9,24-26H,(H,29,30,31);;/q;+2;+1/p-3. The van der Waals surface area contributed by atoms with Crippen molar-refractivity contribution in [2.75, 3.05) is 0 Å². The van der Waals surface area contributed by atoms with Crippen LogP contribution in [-0.4, -0.2) is 17.9 Å². The number of non-ortho nitro benzene ring substituents is 1. The molecule has 0 saturated carbocycles. The summed E-state index contributed by atoms with van der Waals surface area (Å²) >= 11 is 0. The van der Waals surface area contributed by atoms with Crippen LogP contribution in [-0.2, 0) is 27.2 Å². The first kappa shape index (κ1) is 29.1. The third kappa shape index (κ3) is 7.30. The number of hydrogen-bond donors (Lipinski definition) is 1. The molecule has 0 bridgehead atoms. The van der Waals surface area contributed by atoms with E-state index < -0.39 is 42.9 Å². The van der Waals surface area contributed by atoms with Crippen LogP contribution in [0.4, 0.5) is 28.4 Å². The molecule has 3 aromatic rings. The van der Waals surface area contributed by atoms with Crippen molar-refractivity contribution in [3.8, 4) is 17.2 Å².